The van der Waals surface area contributed by atoms with Crippen LogP contribution in [0.25, 0.3) is 0 Å². The Bertz CT molecular complexity index is 779. The third-order valence-corrected chi connectivity index (χ3v) is 4.99. The van der Waals surface area contributed by atoms with Crippen molar-refractivity contribution in [3.63, 3.8) is 0 Å². The van der Waals surface area contributed by atoms with Crippen molar-refractivity contribution in [3.05, 3.63) is 44.6 Å². The number of rotatable bonds is 9. The first-order valence-corrected chi connectivity index (χ1v) is 10.1. The summed E-state index contributed by atoms with van der Waals surface area (Å²) in [7, 11) is 3.17. The molecule has 0 saturated carbocycles. The molecule has 0 aliphatic heterocycles. The van der Waals surface area contributed by atoms with Gasteiger partial charge in [0.15, 0.2) is 18.1 Å². The fourth-order valence-electron chi connectivity index (χ4n) is 2.25. The van der Waals surface area contributed by atoms with Crippen LogP contribution < -0.4 is 9.47 Å². The van der Waals surface area contributed by atoms with E-state index < -0.39 is 5.97 Å². The van der Waals surface area contributed by atoms with Crippen molar-refractivity contribution in [1.29, 1.82) is 0 Å². The number of esters is 1. The van der Waals surface area contributed by atoms with Crippen molar-refractivity contribution in [2.24, 2.45) is 0 Å². The van der Waals surface area contributed by atoms with E-state index in [9.17, 15) is 9.59 Å². The maximum absolute atomic E-state index is 12.3. The Kier molecular flexibility index (Phi) is 8.12. The zero-order valence-corrected chi connectivity index (χ0v) is 17.9. The molecule has 0 N–H and O–H groups in total. The van der Waals surface area contributed by atoms with Crippen LogP contribution in [0.3, 0.4) is 0 Å². The Morgan fingerprint density at radius 2 is 2.07 bits per heavy atom. The van der Waals surface area contributed by atoms with Gasteiger partial charge < -0.3 is 19.1 Å². The predicted octanol–water partition coefficient (Wildman–Crippen LogP) is 4.12. The molecule has 2 rings (SSSR count). The molecule has 27 heavy (non-hydrogen) atoms. The van der Waals surface area contributed by atoms with Gasteiger partial charge in [0, 0.05) is 13.6 Å². The van der Waals surface area contributed by atoms with Crippen molar-refractivity contribution in [1.82, 2.24) is 4.90 Å². The van der Waals surface area contributed by atoms with Gasteiger partial charge in [0.1, 0.15) is 0 Å². The Morgan fingerprint density at radius 3 is 2.70 bits per heavy atom. The van der Waals surface area contributed by atoms with Crippen LogP contribution in [-0.4, -0.2) is 44.1 Å². The van der Waals surface area contributed by atoms with Crippen LogP contribution in [0, 0.1) is 0 Å². The van der Waals surface area contributed by atoms with E-state index in [2.05, 4.69) is 15.9 Å². The first-order chi connectivity index (χ1) is 13.0. The number of hydrogen-bond donors (Lipinski definition) is 0. The fraction of sp³-hybridized carbons (Fsp3) is 0.368. The van der Waals surface area contributed by atoms with E-state index in [4.69, 9.17) is 14.2 Å². The van der Waals surface area contributed by atoms with E-state index in [0.717, 1.165) is 12.0 Å². The van der Waals surface area contributed by atoms with Gasteiger partial charge in [-0.25, -0.2) is 4.79 Å². The summed E-state index contributed by atoms with van der Waals surface area (Å²) in [4.78, 5) is 26.0. The molecule has 0 bridgehead atoms. The lowest BCUT2D eigenvalue weighted by molar-refractivity contribution is -0.133. The molecule has 1 heterocycles. The van der Waals surface area contributed by atoms with Crippen molar-refractivity contribution >= 4 is 39.1 Å². The topological polar surface area (TPSA) is 65.1 Å². The van der Waals surface area contributed by atoms with Crippen molar-refractivity contribution in [2.75, 3.05) is 27.4 Å². The molecule has 0 saturated heterocycles. The van der Waals surface area contributed by atoms with Crippen LogP contribution in [-0.2, 0) is 16.1 Å². The Balaban J connectivity index is 1.98. The highest BCUT2D eigenvalue weighted by Crippen LogP contribution is 2.37. The van der Waals surface area contributed by atoms with Crippen LogP contribution in [0.5, 0.6) is 11.5 Å². The maximum atomic E-state index is 12.3. The second-order valence-electron chi connectivity index (χ2n) is 5.80. The normalized spacial score (nSPS) is 10.4. The number of hydrogen-bond acceptors (Lipinski definition) is 6. The molecule has 0 spiro atoms. The number of nitrogens with zero attached hydrogens (tertiary/aromatic N) is 1. The van der Waals surface area contributed by atoms with E-state index in [1.165, 1.54) is 18.1 Å². The second kappa shape index (κ2) is 10.3. The second-order valence-corrected chi connectivity index (χ2v) is 7.43. The van der Waals surface area contributed by atoms with Crippen LogP contribution >= 0.6 is 27.3 Å². The van der Waals surface area contributed by atoms with Crippen molar-refractivity contribution < 1.29 is 23.8 Å². The number of likely N-dealkylation sites (N-methyl/N-ethyl adjacent to an activating group) is 1. The Labute approximate surface area is 171 Å². The van der Waals surface area contributed by atoms with Crippen LogP contribution in [0.1, 0.15) is 29.3 Å². The molecule has 0 aliphatic carbocycles. The average molecular weight is 456 g/mol. The van der Waals surface area contributed by atoms with Gasteiger partial charge in [-0.2, -0.15) is 11.3 Å². The minimum absolute atomic E-state index is 0.274. The smallest absolute Gasteiger partial charge is 0.338 e. The molecule has 0 aliphatic rings. The van der Waals surface area contributed by atoms with E-state index in [-0.39, 0.29) is 18.1 Å². The summed E-state index contributed by atoms with van der Waals surface area (Å²) in [6.07, 6.45) is 0.848. The maximum Gasteiger partial charge on any atom is 0.338 e. The number of carbonyl (C=O) groups excluding carboxylic acids is 2. The van der Waals surface area contributed by atoms with E-state index in [1.54, 1.807) is 24.5 Å². The van der Waals surface area contributed by atoms with Crippen LogP contribution in [0.4, 0.5) is 0 Å². The Morgan fingerprint density at radius 1 is 1.30 bits per heavy atom. The number of carbonyl (C=O) groups is 2. The zero-order chi connectivity index (χ0) is 19.8. The van der Waals surface area contributed by atoms with Gasteiger partial charge in [-0.1, -0.05) is 6.92 Å². The summed E-state index contributed by atoms with van der Waals surface area (Å²) < 4.78 is 16.7. The number of methoxy groups -OCH3 is 1. The average Bonchev–Trinajstić information content (AvgIpc) is 3.17. The first-order valence-electron chi connectivity index (χ1n) is 8.38. The number of amides is 1. The van der Waals surface area contributed by atoms with Crippen molar-refractivity contribution in [2.45, 2.75) is 19.9 Å². The van der Waals surface area contributed by atoms with Gasteiger partial charge in [0.2, 0.25) is 0 Å². The standard InChI is InChI=1S/C19H22BrNO5S/c1-4-6-25-18-15(20)8-14(9-16(18)24-3)19(23)26-11-17(22)21(2)10-13-5-7-27-12-13/h5,7-9,12H,4,6,10-11H2,1-3H3. The molecule has 146 valence electrons. The monoisotopic (exact) mass is 455 g/mol. The number of benzene rings is 1. The molecule has 0 fully saturated rings. The lowest BCUT2D eigenvalue weighted by Gasteiger charge is -2.17. The highest BCUT2D eigenvalue weighted by molar-refractivity contribution is 9.10. The molecule has 1 amide bonds. The molecular weight excluding hydrogens is 434 g/mol. The van der Waals surface area contributed by atoms with Gasteiger partial charge in [0.05, 0.1) is 23.8 Å². The summed E-state index contributed by atoms with van der Waals surface area (Å²) >= 11 is 4.96. The van der Waals surface area contributed by atoms with Gasteiger partial charge in [-0.05, 0) is 56.9 Å². The summed E-state index contributed by atoms with van der Waals surface area (Å²) in [6.45, 7) is 2.68. The minimum Gasteiger partial charge on any atom is -0.493 e. The van der Waals surface area contributed by atoms with Crippen LogP contribution in [0.15, 0.2) is 33.4 Å². The molecule has 6 nitrogen and oxygen atoms in total. The quantitative estimate of drug-likeness (QED) is 0.531. The van der Waals surface area contributed by atoms with E-state index in [0.29, 0.717) is 29.1 Å². The number of thiophene rings is 1. The zero-order valence-electron chi connectivity index (χ0n) is 15.5. The molecule has 8 heteroatoms. The van der Waals surface area contributed by atoms with E-state index in [1.807, 2.05) is 23.8 Å². The van der Waals surface area contributed by atoms with E-state index >= 15 is 0 Å². The van der Waals surface area contributed by atoms with Crippen LogP contribution in [0.2, 0.25) is 0 Å². The highest BCUT2D eigenvalue weighted by atomic mass is 79.9. The molecule has 0 radical (unpaired) electrons. The number of halogens is 1. The lowest BCUT2D eigenvalue weighted by atomic mass is 10.2. The predicted molar refractivity (Wildman–Crippen MR) is 108 cm³/mol. The van der Waals surface area contributed by atoms with Gasteiger partial charge in [-0.3, -0.25) is 4.79 Å². The third-order valence-electron chi connectivity index (χ3n) is 3.67. The van der Waals surface area contributed by atoms with Gasteiger partial charge >= 0.3 is 5.97 Å². The summed E-state index contributed by atoms with van der Waals surface area (Å²) in [5.41, 5.74) is 1.31. The summed E-state index contributed by atoms with van der Waals surface area (Å²) in [5.74, 6) is 0.0740. The van der Waals surface area contributed by atoms with Gasteiger partial charge in [-0.15, -0.1) is 0 Å². The third kappa shape index (κ3) is 5.97. The minimum atomic E-state index is -0.603. The number of ether oxygens (including phenoxy) is 3. The molecule has 1 aromatic heterocycles. The van der Waals surface area contributed by atoms with Crippen molar-refractivity contribution in [3.8, 4) is 11.5 Å². The highest BCUT2D eigenvalue weighted by Gasteiger charge is 2.18. The molecular formula is C19H22BrNO5S. The molecule has 0 unspecified atom stereocenters. The molecule has 1 aromatic carbocycles. The summed E-state index contributed by atoms with van der Waals surface area (Å²) in [5, 5.41) is 3.93. The Hall–Kier alpha value is -2.06. The largest absolute Gasteiger partial charge is 0.493 e. The summed E-state index contributed by atoms with van der Waals surface area (Å²) in [6, 6.07) is 5.08. The fourth-order valence-corrected chi connectivity index (χ4v) is 3.46. The van der Waals surface area contributed by atoms with Gasteiger partial charge in [0.25, 0.3) is 5.91 Å². The molecule has 2 aromatic rings. The lowest BCUT2D eigenvalue weighted by Crippen LogP contribution is -2.30. The first kappa shape index (κ1) is 21.2. The molecule has 0 atom stereocenters. The SMILES string of the molecule is CCCOc1c(Br)cc(C(=O)OCC(=O)N(C)Cc2ccsc2)cc1OC.